The van der Waals surface area contributed by atoms with Gasteiger partial charge in [-0.15, -0.1) is 0 Å². The minimum atomic E-state index is -4.82. The Kier molecular flexibility index (Phi) is 23.1. The van der Waals surface area contributed by atoms with Crippen LogP contribution in [0.2, 0.25) is 0 Å². The van der Waals surface area contributed by atoms with Gasteiger partial charge in [0.1, 0.15) is 75.2 Å². The van der Waals surface area contributed by atoms with Crippen LogP contribution >= 0.6 is 0 Å². The number of ether oxygens (including phenoxy) is 9. The Hall–Kier alpha value is -11.9. The molecule has 4 saturated heterocycles. The van der Waals surface area contributed by atoms with E-state index >= 15 is 0 Å². The number of piperazine rings is 1. The molecule has 4 fully saturated rings. The van der Waals surface area contributed by atoms with Crippen molar-refractivity contribution in [1.29, 1.82) is 0 Å². The van der Waals surface area contributed by atoms with Crippen molar-refractivity contribution in [3.8, 4) is 69.3 Å². The highest BCUT2D eigenvalue weighted by Gasteiger charge is 2.49. The van der Waals surface area contributed by atoms with E-state index in [0.717, 1.165) is 57.1 Å². The summed E-state index contributed by atoms with van der Waals surface area (Å²) in [7, 11) is 11.4. The molecule has 36 heteroatoms. The van der Waals surface area contributed by atoms with Gasteiger partial charge in [-0.25, -0.2) is 15.0 Å². The summed E-state index contributed by atoms with van der Waals surface area (Å²) in [5, 5.41) is 15.7. The predicted molar refractivity (Wildman–Crippen MR) is 401 cm³/mol. The Labute approximate surface area is 658 Å². The van der Waals surface area contributed by atoms with Gasteiger partial charge in [0.05, 0.1) is 68.7 Å². The number of alkyl halides is 9. The first-order chi connectivity index (χ1) is 55.4. The Morgan fingerprint density at radius 3 is 1.59 bits per heavy atom. The summed E-state index contributed by atoms with van der Waals surface area (Å²) < 4.78 is 175. The number of aliphatic hydroxyl groups excluding tert-OH is 1. The number of likely N-dealkylation sites (N-methyl/N-ethyl adjacent to an activating group) is 1. The Morgan fingerprint density at radius 1 is 0.526 bits per heavy atom. The van der Waals surface area contributed by atoms with Crippen molar-refractivity contribution in [2.24, 2.45) is 0 Å². The summed E-state index contributed by atoms with van der Waals surface area (Å²) in [6, 6.07) is 30.0. The highest BCUT2D eigenvalue weighted by molar-refractivity contribution is 6.02. The molecule has 0 radical (unpaired) electrons. The third-order valence-corrected chi connectivity index (χ3v) is 20.6. The van der Waals surface area contributed by atoms with E-state index in [9.17, 15) is 59.0 Å². The van der Waals surface area contributed by atoms with Gasteiger partial charge in [-0.1, -0.05) is 42.5 Å². The number of carbonyl (C=O) groups excluding carboxylic acids is 3. The first-order valence-electron chi connectivity index (χ1n) is 36.7. The first-order valence-corrected chi connectivity index (χ1v) is 36.7. The molecule has 0 saturated carbocycles. The summed E-state index contributed by atoms with van der Waals surface area (Å²) in [5.41, 5.74) is 2.40. The molecule has 3 amide bonds. The highest BCUT2D eigenvalue weighted by atomic mass is 19.4. The molecule has 0 spiro atoms. The number of rotatable bonds is 19. The molecule has 610 valence electrons. The number of methoxy groups -OCH3 is 3. The molecule has 16 rings (SSSR count). The zero-order chi connectivity index (χ0) is 82.2. The van der Waals surface area contributed by atoms with E-state index in [2.05, 4.69) is 62.3 Å². The normalized spacial score (nSPS) is 19.2. The van der Waals surface area contributed by atoms with Crippen LogP contribution in [-0.4, -0.2) is 204 Å². The molecule has 9 aromatic rings. The molecule has 7 aliphatic heterocycles. The van der Waals surface area contributed by atoms with Crippen LogP contribution in [0.3, 0.4) is 0 Å². The number of likely N-dealkylation sites (tertiary alicyclic amines) is 1. The van der Waals surface area contributed by atoms with E-state index in [1.807, 2.05) is 31.2 Å². The number of benzene rings is 6. The van der Waals surface area contributed by atoms with Crippen molar-refractivity contribution in [2.45, 2.75) is 88.4 Å². The standard InChI is InChI=1S/C28H27F3N4O7.2C26H26F3N5O3/c1-13-15-5-4-6-19(22(15)26(37)35(13)2)42-25-16(28(29,30)31)10-32-27(34-25)33-17-8-7-14(9-20(17)38-3)41-21-12-40-23-18(36)11-39-24(21)23;1-32-7-9-34(10-8-32)18-11-17(12-19(13-18)36-3)23-30-14-20(26(27,28)29)24(31-23)37-21-6-4-5-16-15-33(2)25(35)22(16)21;1-33-15-17-6-5-7-20(22(17)24(33)35)37-23-18(26(27,28)29)13-30-25(32-23)31-19-9-8-16(12-21(19)36-2)14-34-10-3-4-11-34/h4-10,13,18,21,23-24,36H,11-12H2,1-3H3,(H,32,33,34);4-6,11-14H,7-10,15H2,1-3H3;5-9,12-13H,3-4,10-11,14-15H2,1-2H3,(H,30,31,32)/t13?,18-,21-,23-,24-;;/m1../s1. The molecule has 0 bridgehead atoms. The molecule has 27 nitrogen and oxygen atoms in total. The van der Waals surface area contributed by atoms with Crippen LogP contribution in [0.5, 0.6) is 57.9 Å². The monoisotopic (exact) mass is 1610 g/mol. The number of fused-ring (bicyclic) bond motifs is 4. The number of nitrogens with zero attached hydrogens (tertiary/aromatic N) is 12. The predicted octanol–water partition coefficient (Wildman–Crippen LogP) is 13.6. The van der Waals surface area contributed by atoms with Gasteiger partial charge >= 0.3 is 18.5 Å². The van der Waals surface area contributed by atoms with E-state index in [0.29, 0.717) is 88.3 Å². The van der Waals surface area contributed by atoms with E-state index < -0.39 is 77.3 Å². The average molecular weight is 1620 g/mol. The molecule has 10 heterocycles. The molecule has 3 aromatic heterocycles. The zero-order valence-corrected chi connectivity index (χ0v) is 63.8. The summed E-state index contributed by atoms with van der Waals surface area (Å²) in [4.78, 5) is 73.1. The van der Waals surface area contributed by atoms with Gasteiger partial charge in [-0.05, 0) is 117 Å². The van der Waals surface area contributed by atoms with E-state index in [1.54, 1.807) is 87.9 Å². The van der Waals surface area contributed by atoms with Crippen molar-refractivity contribution in [3.05, 3.63) is 183 Å². The summed E-state index contributed by atoms with van der Waals surface area (Å²) in [6.07, 6.45) is -12.0. The minimum absolute atomic E-state index is 0.00541. The topological polar surface area (TPSA) is 275 Å². The number of anilines is 5. The van der Waals surface area contributed by atoms with Crippen LogP contribution in [-0.2, 0) is 47.6 Å². The zero-order valence-electron chi connectivity index (χ0n) is 63.8. The fraction of sp³-hybridized carbons (Fsp3) is 0.362. The number of hydrogen-bond donors (Lipinski definition) is 3. The number of halogens is 9. The SMILES string of the molecule is COc1cc(-c2ncc(C(F)(F)F)c(Oc3cccc4c3C(=O)N(C)C4)n2)cc(N2CCN(C)CC2)c1.COc1cc(CN2CCCC2)ccc1Nc1ncc(C(F)(F)F)c(Oc2cccc3c2C(=O)N(C)C3)n1.COc1cc(O[C@@H]2CO[C@H]3[C@@H]2OC[C@H]3O)ccc1Nc1ncc(C(F)(F)F)c(Oc2cccc3c2C(=O)N(C)C3C)n1. The Bertz CT molecular complexity index is 5190. The van der Waals surface area contributed by atoms with Crippen LogP contribution in [0.15, 0.2) is 128 Å². The van der Waals surface area contributed by atoms with Gasteiger partial charge in [0, 0.05) is 109 Å². The van der Waals surface area contributed by atoms with Crippen molar-refractivity contribution in [2.75, 3.05) is 118 Å². The fourth-order valence-electron chi connectivity index (χ4n) is 14.4. The largest absolute Gasteiger partial charge is 0.497 e. The van der Waals surface area contributed by atoms with Crippen molar-refractivity contribution >= 4 is 46.7 Å². The van der Waals surface area contributed by atoms with Gasteiger partial charge in [-0.2, -0.15) is 54.5 Å². The van der Waals surface area contributed by atoms with Crippen LogP contribution in [0.25, 0.3) is 11.4 Å². The van der Waals surface area contributed by atoms with Crippen molar-refractivity contribution in [3.63, 3.8) is 0 Å². The third kappa shape index (κ3) is 17.2. The van der Waals surface area contributed by atoms with Crippen LogP contribution < -0.4 is 48.7 Å². The molecule has 3 N–H and O–H groups in total. The number of nitrogens with one attached hydrogen (secondary N) is 2. The molecular weight excluding hydrogens is 1540 g/mol. The molecule has 0 aliphatic carbocycles. The second-order valence-corrected chi connectivity index (χ2v) is 28.4. The number of aliphatic hydroxyl groups is 1. The lowest BCUT2D eigenvalue weighted by Gasteiger charge is -2.34. The third-order valence-electron chi connectivity index (χ3n) is 20.6. The maximum atomic E-state index is 13.9. The quantitative estimate of drug-likeness (QED) is 0.0634. The van der Waals surface area contributed by atoms with Crippen molar-refractivity contribution in [1.82, 2.24) is 54.4 Å². The smallest absolute Gasteiger partial charge is 0.423 e. The van der Waals surface area contributed by atoms with Gasteiger partial charge in [0.2, 0.25) is 29.5 Å². The molecule has 7 aliphatic rings. The molecule has 5 atom stereocenters. The second-order valence-electron chi connectivity index (χ2n) is 28.4. The maximum Gasteiger partial charge on any atom is 0.423 e. The van der Waals surface area contributed by atoms with Crippen LogP contribution in [0.1, 0.15) is 95.8 Å². The number of carbonyl (C=O) groups is 3. The number of amides is 3. The lowest BCUT2D eigenvalue weighted by atomic mass is 10.1. The Balaban J connectivity index is 0.000000144. The van der Waals surface area contributed by atoms with Gasteiger partial charge < -0.3 is 82.9 Å². The molecule has 1 unspecified atom stereocenters. The van der Waals surface area contributed by atoms with E-state index in [4.69, 9.17) is 42.6 Å². The lowest BCUT2D eigenvalue weighted by molar-refractivity contribution is -0.140. The van der Waals surface area contributed by atoms with Gasteiger partial charge in [-0.3, -0.25) is 19.3 Å². The molecular formula is C80H79F9N14O13. The van der Waals surface area contributed by atoms with Gasteiger partial charge in [0.25, 0.3) is 17.7 Å². The number of hydrogen-bond acceptors (Lipinski definition) is 24. The number of aromatic nitrogens is 6. The first kappa shape index (κ1) is 80.7. The summed E-state index contributed by atoms with van der Waals surface area (Å²) in [5.74, 6) is -1.66. The highest BCUT2D eigenvalue weighted by Crippen LogP contribution is 2.47. The van der Waals surface area contributed by atoms with Crippen LogP contribution in [0, 0.1) is 0 Å². The van der Waals surface area contributed by atoms with Crippen molar-refractivity contribution < 1.29 is 102 Å². The molecule has 6 aromatic carbocycles. The molecule has 116 heavy (non-hydrogen) atoms. The van der Waals surface area contributed by atoms with E-state index in [-0.39, 0.29) is 88.6 Å². The van der Waals surface area contributed by atoms with Gasteiger partial charge in [0.15, 0.2) is 11.9 Å². The Morgan fingerprint density at radius 2 is 1.04 bits per heavy atom. The van der Waals surface area contributed by atoms with E-state index in [1.165, 1.54) is 67.1 Å². The lowest BCUT2D eigenvalue weighted by Crippen LogP contribution is -2.44. The average Bonchev–Trinajstić information content (AvgIpc) is 1.59. The van der Waals surface area contributed by atoms with Crippen LogP contribution in [0.4, 0.5) is 68.5 Å². The minimum Gasteiger partial charge on any atom is -0.497 e. The second kappa shape index (κ2) is 33.2. The fourth-order valence-corrected chi connectivity index (χ4v) is 14.4. The summed E-state index contributed by atoms with van der Waals surface area (Å²) in [6.45, 7) is 9.19. The maximum absolute atomic E-state index is 13.9. The summed E-state index contributed by atoms with van der Waals surface area (Å²) >= 11 is 0.